The van der Waals surface area contributed by atoms with Crippen molar-refractivity contribution < 1.29 is 13.3 Å². The minimum Gasteiger partial charge on any atom is -0.456 e. The molecule has 3 aromatic heterocycles. The Hall–Kier alpha value is -9.38. The fourth-order valence-corrected chi connectivity index (χ4v) is 12.1. The van der Waals surface area contributed by atoms with Gasteiger partial charge in [-0.15, -0.1) is 0 Å². The molecule has 0 unspecified atom stereocenters. The van der Waals surface area contributed by atoms with Gasteiger partial charge in [-0.3, -0.25) is 0 Å². The molecule has 15 rings (SSSR count). The van der Waals surface area contributed by atoms with E-state index in [9.17, 15) is 0 Å². The second kappa shape index (κ2) is 15.8. The van der Waals surface area contributed by atoms with E-state index >= 15 is 0 Å². The van der Waals surface area contributed by atoms with Crippen LogP contribution in [0.2, 0.25) is 0 Å². The van der Waals surface area contributed by atoms with E-state index < -0.39 is 0 Å². The number of rotatable bonds is 7. The van der Waals surface area contributed by atoms with Crippen LogP contribution in [0.1, 0.15) is 25.0 Å². The Balaban J connectivity index is 0.945. The topological polar surface area (TPSA) is 42.7 Å². The lowest BCUT2D eigenvalue weighted by atomic mass is 9.80. The average Bonchev–Trinajstić information content (AvgIpc) is 4.19. The van der Waals surface area contributed by atoms with Gasteiger partial charge in [0.1, 0.15) is 33.5 Å². The number of para-hydroxylation sites is 3. The van der Waals surface area contributed by atoms with E-state index in [0.717, 1.165) is 122 Å². The van der Waals surface area contributed by atoms with Gasteiger partial charge in [0.05, 0.1) is 0 Å². The number of furan rings is 3. The van der Waals surface area contributed by atoms with Gasteiger partial charge in [0.15, 0.2) is 0 Å². The van der Waals surface area contributed by atoms with Gasteiger partial charge < -0.3 is 18.2 Å². The van der Waals surface area contributed by atoms with E-state index in [4.69, 9.17) is 13.3 Å². The molecule has 0 saturated heterocycles. The van der Waals surface area contributed by atoms with Crippen molar-refractivity contribution in [2.24, 2.45) is 0 Å². The number of nitrogens with zero attached hydrogens (tertiary/aromatic N) is 1. The van der Waals surface area contributed by atoms with Crippen LogP contribution in [0.5, 0.6) is 0 Å². The zero-order valence-electron chi connectivity index (χ0n) is 40.2. The van der Waals surface area contributed by atoms with Crippen LogP contribution in [-0.4, -0.2) is 0 Å². The minimum atomic E-state index is -0.175. The highest BCUT2D eigenvalue weighted by molar-refractivity contribution is 6.20. The van der Waals surface area contributed by atoms with Crippen molar-refractivity contribution >= 4 is 82.9 Å². The number of fused-ring (bicyclic) bond motifs is 12. The van der Waals surface area contributed by atoms with Gasteiger partial charge in [-0.25, -0.2) is 0 Å². The summed E-state index contributed by atoms with van der Waals surface area (Å²) in [5, 5.41) is 6.56. The van der Waals surface area contributed by atoms with Crippen LogP contribution < -0.4 is 4.90 Å². The fourth-order valence-electron chi connectivity index (χ4n) is 12.1. The molecule has 0 radical (unpaired) electrons. The lowest BCUT2D eigenvalue weighted by molar-refractivity contribution is 0.660. The van der Waals surface area contributed by atoms with Gasteiger partial charge in [0, 0.05) is 72.0 Å². The largest absolute Gasteiger partial charge is 0.456 e. The number of benzene rings is 11. The van der Waals surface area contributed by atoms with Gasteiger partial charge in [0.2, 0.25) is 0 Å². The molecular formula is C69H45NO3. The Morgan fingerprint density at radius 3 is 1.40 bits per heavy atom. The molecule has 0 spiro atoms. The predicted octanol–water partition coefficient (Wildman–Crippen LogP) is 19.8. The van der Waals surface area contributed by atoms with E-state index in [1.165, 1.54) is 27.8 Å². The molecule has 0 N–H and O–H groups in total. The molecule has 0 amide bonds. The first-order valence-electron chi connectivity index (χ1n) is 25.1. The molecule has 0 aliphatic heterocycles. The zero-order valence-corrected chi connectivity index (χ0v) is 40.2. The van der Waals surface area contributed by atoms with E-state index in [1.54, 1.807) is 0 Å². The maximum Gasteiger partial charge on any atom is 0.137 e. The maximum atomic E-state index is 6.68. The summed E-state index contributed by atoms with van der Waals surface area (Å²) in [5.41, 5.74) is 22.4. The monoisotopic (exact) mass is 935 g/mol. The summed E-state index contributed by atoms with van der Waals surface area (Å²) >= 11 is 0. The highest BCUT2D eigenvalue weighted by atomic mass is 16.3. The summed E-state index contributed by atoms with van der Waals surface area (Å²) in [4.78, 5) is 2.32. The van der Waals surface area contributed by atoms with Crippen LogP contribution in [0.15, 0.2) is 250 Å². The highest BCUT2D eigenvalue weighted by Gasteiger charge is 2.36. The summed E-state index contributed by atoms with van der Waals surface area (Å²) in [6.07, 6.45) is 0. The third kappa shape index (κ3) is 6.33. The number of hydrogen-bond acceptors (Lipinski definition) is 4. The Morgan fingerprint density at radius 1 is 0.288 bits per heavy atom. The summed E-state index contributed by atoms with van der Waals surface area (Å²) in [6.45, 7) is 4.71. The fraction of sp³-hybridized carbons (Fsp3) is 0.0435. The zero-order chi connectivity index (χ0) is 48.4. The number of anilines is 3. The van der Waals surface area contributed by atoms with E-state index in [2.05, 4.69) is 237 Å². The highest BCUT2D eigenvalue weighted by Crippen LogP contribution is 2.53. The normalized spacial score (nSPS) is 12.9. The molecule has 73 heavy (non-hydrogen) atoms. The van der Waals surface area contributed by atoms with Crippen LogP contribution in [0.3, 0.4) is 0 Å². The summed E-state index contributed by atoms with van der Waals surface area (Å²) < 4.78 is 19.8. The van der Waals surface area contributed by atoms with Gasteiger partial charge in [0.25, 0.3) is 0 Å². The lowest BCUT2D eigenvalue weighted by Crippen LogP contribution is -2.14. The summed E-state index contributed by atoms with van der Waals surface area (Å²) in [7, 11) is 0. The Kier molecular flexibility index (Phi) is 8.97. The van der Waals surface area contributed by atoms with Crippen LogP contribution in [-0.2, 0) is 5.41 Å². The van der Waals surface area contributed by atoms with Crippen molar-refractivity contribution in [3.8, 4) is 55.6 Å². The van der Waals surface area contributed by atoms with Gasteiger partial charge in [-0.2, -0.15) is 0 Å². The molecule has 0 atom stereocenters. The smallest absolute Gasteiger partial charge is 0.137 e. The maximum absolute atomic E-state index is 6.68. The second-order valence-electron chi connectivity index (χ2n) is 19.9. The Morgan fingerprint density at radius 2 is 0.740 bits per heavy atom. The SMILES string of the molecule is CC1(C)c2ccccc2-c2ccc(-c3c(-c4ccc5oc6ccccc6c5c4-c4ccc(N(c5ccc(-c6ccccc6)cc5)c5ccc6c(c5)oc5ccccc56)cc4)ccc4oc5ccccc5c34)cc21. The lowest BCUT2D eigenvalue weighted by Gasteiger charge is -2.26. The molecule has 14 aromatic rings. The van der Waals surface area contributed by atoms with Crippen LogP contribution in [0, 0.1) is 0 Å². The third-order valence-electron chi connectivity index (χ3n) is 15.5. The molecule has 0 fully saturated rings. The summed E-state index contributed by atoms with van der Waals surface area (Å²) in [5.74, 6) is 0. The van der Waals surface area contributed by atoms with E-state index in [0.29, 0.717) is 0 Å². The first kappa shape index (κ1) is 41.4. The van der Waals surface area contributed by atoms with Crippen molar-refractivity contribution in [1.29, 1.82) is 0 Å². The van der Waals surface area contributed by atoms with Crippen LogP contribution in [0.4, 0.5) is 17.1 Å². The first-order valence-corrected chi connectivity index (χ1v) is 25.1. The van der Waals surface area contributed by atoms with Crippen molar-refractivity contribution in [3.05, 3.63) is 248 Å². The van der Waals surface area contributed by atoms with E-state index in [-0.39, 0.29) is 5.41 Å². The molecule has 4 heteroatoms. The van der Waals surface area contributed by atoms with E-state index in [1.807, 2.05) is 18.2 Å². The van der Waals surface area contributed by atoms with Gasteiger partial charge in [-0.1, -0.05) is 159 Å². The van der Waals surface area contributed by atoms with Crippen LogP contribution in [0.25, 0.3) is 121 Å². The minimum absolute atomic E-state index is 0.175. The van der Waals surface area contributed by atoms with Crippen molar-refractivity contribution in [3.63, 3.8) is 0 Å². The van der Waals surface area contributed by atoms with Crippen LogP contribution >= 0.6 is 0 Å². The number of hydrogen-bond donors (Lipinski definition) is 0. The van der Waals surface area contributed by atoms with Crippen molar-refractivity contribution in [2.45, 2.75) is 19.3 Å². The van der Waals surface area contributed by atoms with Crippen molar-refractivity contribution in [1.82, 2.24) is 0 Å². The predicted molar refractivity (Wildman–Crippen MR) is 302 cm³/mol. The molecule has 1 aliphatic rings. The molecule has 4 nitrogen and oxygen atoms in total. The Bertz CT molecular complexity index is 4510. The summed E-state index contributed by atoms with van der Waals surface area (Å²) in [6, 6.07) is 84.9. The van der Waals surface area contributed by atoms with Gasteiger partial charge in [-0.05, 0) is 141 Å². The average molecular weight is 936 g/mol. The molecular weight excluding hydrogens is 891 g/mol. The standard InChI is InChI=1S/C69H45NO3/c1-69(2)57-20-10-6-16-49(57)50-34-28-45(40-58(50)69)66-54(37-39-63-68(66)56-19-9-13-23-61(56)72-63)53-36-38-62-67(55-18-8-12-22-60(55)71-62)65(53)44-26-31-47(32-27-44)70(46-29-24-43(25-30-46)42-14-4-3-5-15-42)48-33-35-52-51-17-7-11-21-59(51)73-64(52)41-48/h3-41H,1-2H3. The molecule has 0 bridgehead atoms. The molecule has 344 valence electrons. The quantitative estimate of drug-likeness (QED) is 0.160. The van der Waals surface area contributed by atoms with Gasteiger partial charge >= 0.3 is 0 Å². The first-order chi connectivity index (χ1) is 35.9. The van der Waals surface area contributed by atoms with Crippen molar-refractivity contribution in [2.75, 3.05) is 4.90 Å². The third-order valence-corrected chi connectivity index (χ3v) is 15.5. The Labute approximate surface area is 421 Å². The molecule has 1 aliphatic carbocycles. The second-order valence-corrected chi connectivity index (χ2v) is 19.9. The molecule has 11 aromatic carbocycles. The molecule has 0 saturated carbocycles. The molecule has 3 heterocycles.